The molecule has 0 fully saturated rings. The van der Waals surface area contributed by atoms with Gasteiger partial charge in [0.1, 0.15) is 11.5 Å². The molecule has 0 saturated carbocycles. The maximum Gasteiger partial charge on any atom is 0.153 e. The van der Waals surface area contributed by atoms with Crippen molar-refractivity contribution in [1.29, 1.82) is 0 Å². The van der Waals surface area contributed by atoms with Crippen molar-refractivity contribution in [2.45, 2.75) is 24.8 Å². The maximum atomic E-state index is 10.7. The van der Waals surface area contributed by atoms with E-state index >= 15 is 0 Å². The highest BCUT2D eigenvalue weighted by molar-refractivity contribution is 7.97. The van der Waals surface area contributed by atoms with Crippen LogP contribution in [0.4, 0.5) is 0 Å². The van der Waals surface area contributed by atoms with E-state index in [9.17, 15) is 4.79 Å². The molecule has 7 heteroatoms. The third kappa shape index (κ3) is 6.66. The molecule has 1 aromatic heterocycles. The molecule has 3 aromatic rings. The summed E-state index contributed by atoms with van der Waals surface area (Å²) in [5.74, 6) is 1.52. The average molecular weight is 414 g/mol. The number of nitrogens with one attached hydrogen (secondary N) is 1. The second kappa shape index (κ2) is 11.9. The van der Waals surface area contributed by atoms with Gasteiger partial charge in [0.05, 0.1) is 31.2 Å². The van der Waals surface area contributed by atoms with Gasteiger partial charge in [-0.15, -0.1) is 0 Å². The number of ether oxygens (including phenoxy) is 2. The van der Waals surface area contributed by atoms with E-state index in [1.807, 2.05) is 42.2 Å². The molecule has 0 unspecified atom stereocenters. The number of aldehydes is 1. The van der Waals surface area contributed by atoms with Crippen molar-refractivity contribution >= 4 is 18.2 Å². The summed E-state index contributed by atoms with van der Waals surface area (Å²) in [6, 6.07) is 13.6. The number of aromatic nitrogens is 2. The lowest BCUT2D eigenvalue weighted by Crippen LogP contribution is -2.01. The molecular weight excluding hydrogens is 386 g/mol. The Bertz CT molecular complexity index is 898. The normalized spacial score (nSPS) is 10.1. The van der Waals surface area contributed by atoms with E-state index in [0.29, 0.717) is 17.9 Å². The van der Waals surface area contributed by atoms with Gasteiger partial charge in [0.15, 0.2) is 6.29 Å². The number of methoxy groups -OCH3 is 2. The molecule has 1 heterocycles. The zero-order valence-electron chi connectivity index (χ0n) is 17.2. The highest BCUT2D eigenvalue weighted by atomic mass is 32.2. The van der Waals surface area contributed by atoms with Gasteiger partial charge in [-0.25, -0.2) is 0 Å². The molecular formula is C22H27N3O3S. The SMILES string of the molecule is CCc1ccc(OC)c(SNC)c1.COc1cc(Cn2cccn2)ccc1C=O. The largest absolute Gasteiger partial charge is 0.496 e. The molecule has 2 aromatic carbocycles. The predicted molar refractivity (Wildman–Crippen MR) is 117 cm³/mol. The van der Waals surface area contributed by atoms with E-state index in [2.05, 4.69) is 28.9 Å². The Morgan fingerprint density at radius 3 is 2.45 bits per heavy atom. The highest BCUT2D eigenvalue weighted by Crippen LogP contribution is 2.28. The van der Waals surface area contributed by atoms with Crippen molar-refractivity contribution < 1.29 is 14.3 Å². The topological polar surface area (TPSA) is 65.4 Å². The Morgan fingerprint density at radius 1 is 1.10 bits per heavy atom. The Balaban J connectivity index is 0.000000212. The number of nitrogens with zero attached hydrogens (tertiary/aromatic N) is 2. The molecule has 6 nitrogen and oxygen atoms in total. The molecule has 0 aliphatic rings. The molecule has 3 rings (SSSR count). The highest BCUT2D eigenvalue weighted by Gasteiger charge is 2.04. The van der Waals surface area contributed by atoms with Crippen LogP contribution in [0.15, 0.2) is 59.8 Å². The van der Waals surface area contributed by atoms with Crippen LogP contribution in [0.2, 0.25) is 0 Å². The van der Waals surface area contributed by atoms with Crippen molar-refractivity contribution in [3.05, 3.63) is 71.5 Å². The molecule has 0 spiro atoms. The number of carbonyl (C=O) groups excluding carboxylic acids is 1. The number of hydrogen-bond donors (Lipinski definition) is 1. The van der Waals surface area contributed by atoms with Gasteiger partial charge in [-0.2, -0.15) is 5.10 Å². The van der Waals surface area contributed by atoms with E-state index in [-0.39, 0.29) is 0 Å². The van der Waals surface area contributed by atoms with Crippen molar-refractivity contribution in [3.63, 3.8) is 0 Å². The monoisotopic (exact) mass is 413 g/mol. The summed E-state index contributed by atoms with van der Waals surface area (Å²) in [5.41, 5.74) is 2.94. The molecule has 0 radical (unpaired) electrons. The van der Waals surface area contributed by atoms with Crippen molar-refractivity contribution in [3.8, 4) is 11.5 Å². The lowest BCUT2D eigenvalue weighted by Gasteiger charge is -2.08. The Kier molecular flexibility index (Phi) is 9.27. The summed E-state index contributed by atoms with van der Waals surface area (Å²) >= 11 is 1.58. The Hall–Kier alpha value is -2.77. The van der Waals surface area contributed by atoms with Crippen LogP contribution in [-0.4, -0.2) is 37.3 Å². The van der Waals surface area contributed by atoms with Gasteiger partial charge < -0.3 is 9.47 Å². The van der Waals surface area contributed by atoms with Crippen LogP contribution in [0.5, 0.6) is 11.5 Å². The molecule has 0 bridgehead atoms. The summed E-state index contributed by atoms with van der Waals surface area (Å²) in [4.78, 5) is 11.9. The van der Waals surface area contributed by atoms with E-state index < -0.39 is 0 Å². The third-order valence-electron chi connectivity index (χ3n) is 4.18. The van der Waals surface area contributed by atoms with Crippen LogP contribution < -0.4 is 14.2 Å². The zero-order valence-corrected chi connectivity index (χ0v) is 18.0. The fourth-order valence-corrected chi connectivity index (χ4v) is 3.35. The molecule has 154 valence electrons. The zero-order chi connectivity index (χ0) is 21.1. The maximum absolute atomic E-state index is 10.7. The van der Waals surface area contributed by atoms with Crippen molar-refractivity contribution in [2.75, 3.05) is 21.3 Å². The predicted octanol–water partition coefficient (Wildman–Crippen LogP) is 4.24. The molecule has 0 aliphatic carbocycles. The molecule has 0 amide bonds. The summed E-state index contributed by atoms with van der Waals surface area (Å²) in [7, 11) is 5.16. The number of carbonyl (C=O) groups is 1. The fourth-order valence-electron chi connectivity index (χ4n) is 2.66. The van der Waals surface area contributed by atoms with Gasteiger partial charge >= 0.3 is 0 Å². The number of benzene rings is 2. The molecule has 0 aliphatic heterocycles. The number of aryl methyl sites for hydroxylation is 1. The average Bonchev–Trinajstić information content (AvgIpc) is 3.27. The quantitative estimate of drug-likeness (QED) is 0.440. The smallest absolute Gasteiger partial charge is 0.153 e. The fraction of sp³-hybridized carbons (Fsp3) is 0.273. The third-order valence-corrected chi connectivity index (χ3v) is 4.92. The summed E-state index contributed by atoms with van der Waals surface area (Å²) in [5, 5.41) is 4.12. The van der Waals surface area contributed by atoms with Crippen LogP contribution in [0.25, 0.3) is 0 Å². The van der Waals surface area contributed by atoms with Gasteiger partial charge in [-0.05, 0) is 66.9 Å². The van der Waals surface area contributed by atoms with Crippen LogP contribution in [0.1, 0.15) is 28.4 Å². The number of hydrogen-bond acceptors (Lipinski definition) is 6. The molecule has 0 saturated heterocycles. The minimum absolute atomic E-state index is 0.562. The van der Waals surface area contributed by atoms with Crippen LogP contribution in [0, 0.1) is 0 Å². The van der Waals surface area contributed by atoms with E-state index in [0.717, 1.165) is 28.9 Å². The Morgan fingerprint density at radius 2 is 1.86 bits per heavy atom. The van der Waals surface area contributed by atoms with Gasteiger partial charge in [0.2, 0.25) is 0 Å². The lowest BCUT2D eigenvalue weighted by atomic mass is 10.1. The van der Waals surface area contributed by atoms with Crippen LogP contribution >= 0.6 is 11.9 Å². The first-order chi connectivity index (χ1) is 14.1. The van der Waals surface area contributed by atoms with Crippen molar-refractivity contribution in [1.82, 2.24) is 14.5 Å². The van der Waals surface area contributed by atoms with E-state index in [1.54, 1.807) is 38.4 Å². The molecule has 1 N–H and O–H groups in total. The lowest BCUT2D eigenvalue weighted by molar-refractivity contribution is 0.112. The molecule has 0 atom stereocenters. The second-order valence-electron chi connectivity index (χ2n) is 6.04. The first-order valence-corrected chi connectivity index (χ1v) is 10.1. The minimum atomic E-state index is 0.562. The first-order valence-electron chi connectivity index (χ1n) is 9.25. The van der Waals surface area contributed by atoms with E-state index in [1.165, 1.54) is 5.56 Å². The first kappa shape index (κ1) is 22.5. The van der Waals surface area contributed by atoms with Crippen LogP contribution in [-0.2, 0) is 13.0 Å². The Labute approximate surface area is 176 Å². The van der Waals surface area contributed by atoms with Gasteiger partial charge in [-0.1, -0.05) is 19.1 Å². The number of rotatable bonds is 8. The van der Waals surface area contributed by atoms with Gasteiger partial charge in [-0.3, -0.25) is 14.2 Å². The van der Waals surface area contributed by atoms with Gasteiger partial charge in [0, 0.05) is 12.4 Å². The minimum Gasteiger partial charge on any atom is -0.496 e. The standard InChI is InChI=1S/C12H12N2O2.C10H15NOS/c1-16-12-7-10(3-4-11(12)9-15)8-14-6-2-5-13-14;1-4-8-5-6-9(12-3)10(7-8)13-11-2/h2-7,9H,8H2,1H3;5-7,11H,4H2,1-3H3. The van der Waals surface area contributed by atoms with Crippen molar-refractivity contribution in [2.24, 2.45) is 0 Å². The van der Waals surface area contributed by atoms with Crippen LogP contribution in [0.3, 0.4) is 0 Å². The summed E-state index contributed by atoms with van der Waals surface area (Å²) in [6.45, 7) is 2.82. The summed E-state index contributed by atoms with van der Waals surface area (Å²) in [6.07, 6.45) is 5.47. The van der Waals surface area contributed by atoms with Gasteiger partial charge in [0.25, 0.3) is 0 Å². The summed E-state index contributed by atoms with van der Waals surface area (Å²) < 4.78 is 15.2. The second-order valence-corrected chi connectivity index (χ2v) is 7.09. The van der Waals surface area contributed by atoms with E-state index in [4.69, 9.17) is 9.47 Å². The molecule has 29 heavy (non-hydrogen) atoms.